The fourth-order valence-corrected chi connectivity index (χ4v) is 9.32. The molecule has 2 nitrogen and oxygen atoms in total. The Labute approximate surface area is 322 Å². The van der Waals surface area contributed by atoms with E-state index in [9.17, 15) is 0 Å². The molecule has 9 aromatic carbocycles. The second-order valence-corrected chi connectivity index (χ2v) is 15.2. The third kappa shape index (κ3) is 5.40. The van der Waals surface area contributed by atoms with Crippen molar-refractivity contribution < 1.29 is 4.42 Å². The molecule has 3 heteroatoms. The number of rotatable bonds is 6. The minimum atomic E-state index is 0.908. The molecule has 0 aliphatic carbocycles. The van der Waals surface area contributed by atoms with Crippen molar-refractivity contribution in [3.63, 3.8) is 0 Å². The van der Waals surface area contributed by atoms with Crippen LogP contribution in [-0.4, -0.2) is 0 Å². The van der Waals surface area contributed by atoms with E-state index in [4.69, 9.17) is 4.42 Å². The van der Waals surface area contributed by atoms with Crippen molar-refractivity contribution in [1.82, 2.24) is 0 Å². The van der Waals surface area contributed by atoms with Crippen molar-refractivity contribution in [2.75, 3.05) is 4.90 Å². The van der Waals surface area contributed by atoms with Crippen molar-refractivity contribution in [2.45, 2.75) is 0 Å². The first kappa shape index (κ1) is 31.6. The van der Waals surface area contributed by atoms with Gasteiger partial charge in [0.2, 0.25) is 0 Å². The molecule has 0 fully saturated rings. The van der Waals surface area contributed by atoms with Crippen LogP contribution >= 0.6 is 11.3 Å². The normalized spacial score (nSPS) is 11.6. The number of hydrogen-bond donors (Lipinski definition) is 0. The number of nitrogens with zero attached hydrogens (tertiary/aromatic N) is 1. The maximum absolute atomic E-state index is 6.43. The number of anilines is 3. The smallest absolute Gasteiger partial charge is 0.143 e. The van der Waals surface area contributed by atoms with Crippen molar-refractivity contribution in [2.24, 2.45) is 0 Å². The van der Waals surface area contributed by atoms with Gasteiger partial charge in [0.05, 0.1) is 5.69 Å². The zero-order chi connectivity index (χ0) is 36.3. The molecule has 0 saturated carbocycles. The van der Waals surface area contributed by atoms with Gasteiger partial charge in [0, 0.05) is 53.4 Å². The van der Waals surface area contributed by atoms with E-state index in [1.807, 2.05) is 23.5 Å². The van der Waals surface area contributed by atoms with Gasteiger partial charge in [0.1, 0.15) is 11.2 Å². The van der Waals surface area contributed by atoms with Crippen LogP contribution in [0.25, 0.3) is 86.3 Å². The zero-order valence-corrected chi connectivity index (χ0v) is 30.6. The molecule has 0 bridgehead atoms. The molecule has 0 N–H and O–H groups in total. The van der Waals surface area contributed by atoms with Crippen LogP contribution in [0.1, 0.15) is 0 Å². The summed E-state index contributed by atoms with van der Waals surface area (Å²) in [4.78, 5) is 2.39. The lowest BCUT2D eigenvalue weighted by molar-refractivity contribution is 0.670. The number of para-hydroxylation sites is 3. The number of fused-ring (bicyclic) bond motifs is 7. The van der Waals surface area contributed by atoms with Crippen LogP contribution in [0.5, 0.6) is 0 Å². The monoisotopic (exact) mass is 719 g/mol. The molecule has 11 rings (SSSR count). The van der Waals surface area contributed by atoms with E-state index >= 15 is 0 Å². The first-order chi connectivity index (χ1) is 27.2. The molecule has 55 heavy (non-hydrogen) atoms. The van der Waals surface area contributed by atoms with Crippen LogP contribution in [0.15, 0.2) is 205 Å². The highest BCUT2D eigenvalue weighted by atomic mass is 32.1. The second-order valence-electron chi connectivity index (χ2n) is 14.1. The summed E-state index contributed by atoms with van der Waals surface area (Å²) in [5, 5.41) is 7.38. The highest BCUT2D eigenvalue weighted by Gasteiger charge is 2.19. The Balaban J connectivity index is 1.04. The largest absolute Gasteiger partial charge is 0.455 e. The van der Waals surface area contributed by atoms with Crippen LogP contribution in [0.4, 0.5) is 17.1 Å². The van der Waals surface area contributed by atoms with E-state index in [-0.39, 0.29) is 0 Å². The molecule has 2 heterocycles. The van der Waals surface area contributed by atoms with Gasteiger partial charge in [-0.15, -0.1) is 11.3 Å². The number of benzene rings is 9. The van der Waals surface area contributed by atoms with Gasteiger partial charge in [-0.25, -0.2) is 0 Å². The Bertz CT molecular complexity index is 3210. The molecule has 0 amide bonds. The lowest BCUT2D eigenvalue weighted by Crippen LogP contribution is -2.11. The topological polar surface area (TPSA) is 16.4 Å². The third-order valence-corrected chi connectivity index (χ3v) is 12.0. The highest BCUT2D eigenvalue weighted by Crippen LogP contribution is 2.44. The van der Waals surface area contributed by atoms with E-state index < -0.39 is 0 Å². The van der Waals surface area contributed by atoms with Crippen LogP contribution in [-0.2, 0) is 0 Å². The molecule has 0 aliphatic rings. The average molecular weight is 720 g/mol. The van der Waals surface area contributed by atoms with Gasteiger partial charge in [-0.3, -0.25) is 0 Å². The molecule has 0 spiro atoms. The Hall–Kier alpha value is -6.94. The molecular weight excluding hydrogens is 687 g/mol. The average Bonchev–Trinajstić information content (AvgIpc) is 3.83. The maximum atomic E-state index is 6.43. The van der Waals surface area contributed by atoms with Gasteiger partial charge in [-0.05, 0) is 87.6 Å². The quantitative estimate of drug-likeness (QED) is 0.170. The molecule has 0 saturated heterocycles. The Morgan fingerprint density at radius 3 is 1.84 bits per heavy atom. The van der Waals surface area contributed by atoms with Gasteiger partial charge in [-0.1, -0.05) is 146 Å². The van der Waals surface area contributed by atoms with E-state index in [2.05, 4.69) is 193 Å². The number of furan rings is 1. The molecule has 258 valence electrons. The summed E-state index contributed by atoms with van der Waals surface area (Å²) in [6, 6.07) is 72.3. The summed E-state index contributed by atoms with van der Waals surface area (Å²) in [5.41, 5.74) is 12.1. The van der Waals surface area contributed by atoms with Gasteiger partial charge >= 0.3 is 0 Å². The Kier molecular flexibility index (Phi) is 7.39. The van der Waals surface area contributed by atoms with E-state index in [1.165, 1.54) is 53.2 Å². The van der Waals surface area contributed by atoms with Crippen LogP contribution in [0, 0.1) is 0 Å². The standard InChI is InChI=1S/C52H33NOS/c1-2-11-37-32-38(21-20-34(37)10-1)35-22-27-40(28-23-35)53(41-29-24-36(25-30-41)43-15-9-16-47-44-13-4-7-18-49(44)54-52(43)47)48-17-6-3-12-42(48)39-26-31-46-45-14-5-8-19-50(45)55-51(46)33-39/h1-33H. The van der Waals surface area contributed by atoms with Gasteiger partial charge in [-0.2, -0.15) is 0 Å². The number of thiophene rings is 1. The minimum absolute atomic E-state index is 0.908. The molecule has 11 aromatic rings. The zero-order valence-electron chi connectivity index (χ0n) is 29.8. The van der Waals surface area contributed by atoms with E-state index in [0.29, 0.717) is 0 Å². The second kappa shape index (κ2) is 12.9. The van der Waals surface area contributed by atoms with E-state index in [0.717, 1.165) is 50.1 Å². The summed E-state index contributed by atoms with van der Waals surface area (Å²) < 4.78 is 9.04. The van der Waals surface area contributed by atoms with Crippen LogP contribution in [0.3, 0.4) is 0 Å². The molecule has 0 atom stereocenters. The number of hydrogen-bond acceptors (Lipinski definition) is 3. The van der Waals surface area contributed by atoms with Crippen molar-refractivity contribution in [1.29, 1.82) is 0 Å². The highest BCUT2D eigenvalue weighted by molar-refractivity contribution is 7.25. The minimum Gasteiger partial charge on any atom is -0.455 e. The SMILES string of the molecule is c1ccc(N(c2ccc(-c3ccc4ccccc4c3)cc2)c2ccc(-c3cccc4c3oc3ccccc34)cc2)c(-c2ccc3c(c2)sc2ccccc23)c1. The third-order valence-electron chi connectivity index (χ3n) is 10.9. The van der Waals surface area contributed by atoms with Crippen LogP contribution < -0.4 is 4.90 Å². The Morgan fingerprint density at radius 1 is 0.364 bits per heavy atom. The summed E-state index contributed by atoms with van der Waals surface area (Å²) in [5.74, 6) is 0. The predicted octanol–water partition coefficient (Wildman–Crippen LogP) is 15.6. The van der Waals surface area contributed by atoms with Crippen molar-refractivity contribution in [3.8, 4) is 33.4 Å². The van der Waals surface area contributed by atoms with Crippen molar-refractivity contribution >= 4 is 81.3 Å². The predicted molar refractivity (Wildman–Crippen MR) is 235 cm³/mol. The fourth-order valence-electron chi connectivity index (χ4n) is 8.17. The maximum Gasteiger partial charge on any atom is 0.143 e. The fraction of sp³-hybridized carbons (Fsp3) is 0. The van der Waals surface area contributed by atoms with Gasteiger partial charge in [0.25, 0.3) is 0 Å². The molecule has 2 aromatic heterocycles. The first-order valence-corrected chi connectivity index (χ1v) is 19.5. The Morgan fingerprint density at radius 2 is 0.982 bits per heavy atom. The van der Waals surface area contributed by atoms with E-state index in [1.54, 1.807) is 0 Å². The molecule has 0 radical (unpaired) electrons. The molecule has 0 unspecified atom stereocenters. The van der Waals surface area contributed by atoms with Gasteiger partial charge < -0.3 is 9.32 Å². The summed E-state index contributed by atoms with van der Waals surface area (Å²) >= 11 is 1.86. The lowest BCUT2D eigenvalue weighted by atomic mass is 9.98. The first-order valence-electron chi connectivity index (χ1n) is 18.7. The van der Waals surface area contributed by atoms with Crippen molar-refractivity contribution in [3.05, 3.63) is 200 Å². The summed E-state index contributed by atoms with van der Waals surface area (Å²) in [7, 11) is 0. The molecule has 0 aliphatic heterocycles. The summed E-state index contributed by atoms with van der Waals surface area (Å²) in [6.07, 6.45) is 0. The van der Waals surface area contributed by atoms with Crippen LogP contribution in [0.2, 0.25) is 0 Å². The molecular formula is C52H33NOS. The van der Waals surface area contributed by atoms with Gasteiger partial charge in [0.15, 0.2) is 0 Å². The lowest BCUT2D eigenvalue weighted by Gasteiger charge is -2.28. The summed E-state index contributed by atoms with van der Waals surface area (Å²) in [6.45, 7) is 0.